The third-order valence-corrected chi connectivity index (χ3v) is 2.53. The Labute approximate surface area is 107 Å². The van der Waals surface area contributed by atoms with Crippen LogP contribution in [0, 0.1) is 5.92 Å². The van der Waals surface area contributed by atoms with E-state index < -0.39 is 11.9 Å². The molecular formula is C14H18O4. The summed E-state index contributed by atoms with van der Waals surface area (Å²) in [7, 11) is 0. The lowest BCUT2D eigenvalue weighted by Gasteiger charge is -2.06. The number of hydrogen-bond acceptors (Lipinski definition) is 3. The highest BCUT2D eigenvalue weighted by molar-refractivity contribution is 5.92. The molecule has 0 saturated carbocycles. The molecule has 1 aromatic carbocycles. The maximum Gasteiger partial charge on any atom is 0.338 e. The van der Waals surface area contributed by atoms with Gasteiger partial charge in [0, 0.05) is 0 Å². The van der Waals surface area contributed by atoms with E-state index in [2.05, 4.69) is 13.8 Å². The Bertz CT molecular complexity index is 406. The van der Waals surface area contributed by atoms with Gasteiger partial charge in [0.25, 0.3) is 0 Å². The first-order chi connectivity index (χ1) is 8.50. The molecule has 0 radical (unpaired) electrons. The molecule has 1 N–H and O–H groups in total. The van der Waals surface area contributed by atoms with Gasteiger partial charge in [-0.15, -0.1) is 0 Å². The van der Waals surface area contributed by atoms with E-state index in [4.69, 9.17) is 9.84 Å². The zero-order chi connectivity index (χ0) is 13.5. The van der Waals surface area contributed by atoms with Crippen LogP contribution in [0.4, 0.5) is 0 Å². The van der Waals surface area contributed by atoms with Crippen LogP contribution in [0.25, 0.3) is 0 Å². The summed E-state index contributed by atoms with van der Waals surface area (Å²) in [5, 5.41) is 8.72. The van der Waals surface area contributed by atoms with Crippen molar-refractivity contribution >= 4 is 11.9 Å². The highest BCUT2D eigenvalue weighted by Gasteiger charge is 2.08. The van der Waals surface area contributed by atoms with Crippen LogP contribution in [0.3, 0.4) is 0 Å². The SMILES string of the molecule is CC(C)CCCOC(=O)c1ccc(C(=O)O)cc1. The van der Waals surface area contributed by atoms with E-state index in [1.807, 2.05) is 0 Å². The molecule has 0 amide bonds. The number of carboxylic acids is 1. The van der Waals surface area contributed by atoms with Crippen LogP contribution in [0.15, 0.2) is 24.3 Å². The fourth-order valence-electron chi connectivity index (χ4n) is 1.49. The van der Waals surface area contributed by atoms with Gasteiger partial charge in [0.15, 0.2) is 0 Å². The van der Waals surface area contributed by atoms with Gasteiger partial charge in [-0.3, -0.25) is 0 Å². The number of carboxylic acid groups (broad SMARTS) is 1. The average molecular weight is 250 g/mol. The zero-order valence-corrected chi connectivity index (χ0v) is 10.7. The van der Waals surface area contributed by atoms with Crippen LogP contribution in [-0.2, 0) is 4.74 Å². The van der Waals surface area contributed by atoms with Gasteiger partial charge < -0.3 is 9.84 Å². The normalized spacial score (nSPS) is 10.4. The average Bonchev–Trinajstić information content (AvgIpc) is 2.34. The molecule has 0 spiro atoms. The molecular weight excluding hydrogens is 232 g/mol. The monoisotopic (exact) mass is 250 g/mol. The van der Waals surface area contributed by atoms with Crippen molar-refractivity contribution in [2.75, 3.05) is 6.61 Å². The molecule has 4 heteroatoms. The summed E-state index contributed by atoms with van der Waals surface area (Å²) < 4.78 is 5.09. The predicted molar refractivity (Wildman–Crippen MR) is 67.8 cm³/mol. The second-order valence-electron chi connectivity index (χ2n) is 4.55. The van der Waals surface area contributed by atoms with Crippen molar-refractivity contribution in [2.45, 2.75) is 26.7 Å². The second kappa shape index (κ2) is 6.79. The number of hydrogen-bond donors (Lipinski definition) is 1. The number of benzene rings is 1. The molecule has 0 aliphatic carbocycles. The first kappa shape index (κ1) is 14.2. The molecule has 1 aromatic rings. The molecule has 1 rings (SSSR count). The molecule has 0 aromatic heterocycles. The Morgan fingerprint density at radius 1 is 1.17 bits per heavy atom. The van der Waals surface area contributed by atoms with Gasteiger partial charge in [-0.05, 0) is 43.0 Å². The van der Waals surface area contributed by atoms with E-state index >= 15 is 0 Å². The second-order valence-corrected chi connectivity index (χ2v) is 4.55. The summed E-state index contributed by atoms with van der Waals surface area (Å²) >= 11 is 0. The van der Waals surface area contributed by atoms with Gasteiger partial charge in [0.2, 0.25) is 0 Å². The lowest BCUT2D eigenvalue weighted by atomic mass is 10.1. The minimum absolute atomic E-state index is 0.159. The molecule has 0 atom stereocenters. The van der Waals surface area contributed by atoms with Gasteiger partial charge in [-0.2, -0.15) is 0 Å². The smallest absolute Gasteiger partial charge is 0.338 e. The van der Waals surface area contributed by atoms with Crippen molar-refractivity contribution in [3.05, 3.63) is 35.4 Å². The quantitative estimate of drug-likeness (QED) is 0.622. The minimum atomic E-state index is -1.01. The van der Waals surface area contributed by atoms with E-state index in [0.29, 0.717) is 18.1 Å². The topological polar surface area (TPSA) is 63.6 Å². The number of ether oxygens (including phenoxy) is 1. The lowest BCUT2D eigenvalue weighted by Crippen LogP contribution is -2.07. The maximum atomic E-state index is 11.6. The molecule has 0 aliphatic heterocycles. The van der Waals surface area contributed by atoms with Crippen LogP contribution < -0.4 is 0 Å². The number of esters is 1. The van der Waals surface area contributed by atoms with E-state index in [1.165, 1.54) is 24.3 Å². The zero-order valence-electron chi connectivity index (χ0n) is 10.7. The number of aromatic carboxylic acids is 1. The Hall–Kier alpha value is -1.84. The molecule has 4 nitrogen and oxygen atoms in total. The van der Waals surface area contributed by atoms with Crippen LogP contribution in [0.5, 0.6) is 0 Å². The third-order valence-electron chi connectivity index (χ3n) is 2.53. The molecule has 0 aliphatic rings. The van der Waals surface area contributed by atoms with Crippen LogP contribution in [0.1, 0.15) is 47.4 Å². The fourth-order valence-corrected chi connectivity index (χ4v) is 1.49. The predicted octanol–water partition coefficient (Wildman–Crippen LogP) is 2.98. The van der Waals surface area contributed by atoms with Crippen LogP contribution >= 0.6 is 0 Å². The maximum absolute atomic E-state index is 11.6. The van der Waals surface area contributed by atoms with Crippen molar-refractivity contribution in [3.63, 3.8) is 0 Å². The standard InChI is InChI=1S/C14H18O4/c1-10(2)4-3-9-18-14(17)12-7-5-11(6-8-12)13(15)16/h5-8,10H,3-4,9H2,1-2H3,(H,15,16). The van der Waals surface area contributed by atoms with E-state index in [1.54, 1.807) is 0 Å². The van der Waals surface area contributed by atoms with Crippen LogP contribution in [-0.4, -0.2) is 23.7 Å². The molecule has 0 saturated heterocycles. The van der Waals surface area contributed by atoms with Gasteiger partial charge in [0.1, 0.15) is 0 Å². The molecule has 98 valence electrons. The lowest BCUT2D eigenvalue weighted by molar-refractivity contribution is 0.0493. The summed E-state index contributed by atoms with van der Waals surface area (Å²) in [5.74, 6) is -0.818. The van der Waals surface area contributed by atoms with Gasteiger partial charge in [-0.1, -0.05) is 13.8 Å². The van der Waals surface area contributed by atoms with Crippen molar-refractivity contribution in [3.8, 4) is 0 Å². The van der Waals surface area contributed by atoms with Crippen molar-refractivity contribution < 1.29 is 19.4 Å². The summed E-state index contributed by atoms with van der Waals surface area (Å²) in [6.45, 7) is 4.64. The summed E-state index contributed by atoms with van der Waals surface area (Å²) in [4.78, 5) is 22.2. The third kappa shape index (κ3) is 4.57. The Morgan fingerprint density at radius 2 is 1.72 bits per heavy atom. The summed E-state index contributed by atoms with van der Waals surface area (Å²) in [5.41, 5.74) is 0.538. The van der Waals surface area contributed by atoms with E-state index in [-0.39, 0.29) is 5.56 Å². The molecule has 0 bridgehead atoms. The van der Waals surface area contributed by atoms with Gasteiger partial charge >= 0.3 is 11.9 Å². The first-order valence-corrected chi connectivity index (χ1v) is 6.01. The first-order valence-electron chi connectivity index (χ1n) is 6.01. The molecule has 0 heterocycles. The fraction of sp³-hybridized carbons (Fsp3) is 0.429. The summed E-state index contributed by atoms with van der Waals surface area (Å²) in [6, 6.07) is 5.72. The van der Waals surface area contributed by atoms with Gasteiger partial charge in [-0.25, -0.2) is 9.59 Å². The van der Waals surface area contributed by atoms with E-state index in [0.717, 1.165) is 12.8 Å². The Morgan fingerprint density at radius 3 is 2.22 bits per heavy atom. The van der Waals surface area contributed by atoms with Crippen LogP contribution in [0.2, 0.25) is 0 Å². The van der Waals surface area contributed by atoms with Crippen molar-refractivity contribution in [2.24, 2.45) is 5.92 Å². The summed E-state index contributed by atoms with van der Waals surface area (Å²) in [6.07, 6.45) is 1.86. The number of rotatable bonds is 6. The largest absolute Gasteiger partial charge is 0.478 e. The number of carbonyl (C=O) groups is 2. The molecule has 18 heavy (non-hydrogen) atoms. The Balaban J connectivity index is 2.44. The van der Waals surface area contributed by atoms with Crippen molar-refractivity contribution in [1.29, 1.82) is 0 Å². The Kier molecular flexibility index (Phi) is 5.36. The van der Waals surface area contributed by atoms with Crippen molar-refractivity contribution in [1.82, 2.24) is 0 Å². The highest BCUT2D eigenvalue weighted by Crippen LogP contribution is 2.08. The van der Waals surface area contributed by atoms with Gasteiger partial charge in [0.05, 0.1) is 17.7 Å². The number of carbonyl (C=O) groups excluding carboxylic acids is 1. The minimum Gasteiger partial charge on any atom is -0.478 e. The highest BCUT2D eigenvalue weighted by atomic mass is 16.5. The molecule has 0 unspecified atom stereocenters. The van der Waals surface area contributed by atoms with E-state index in [9.17, 15) is 9.59 Å². The molecule has 0 fully saturated rings.